The molecule has 8 nitrogen and oxygen atoms in total. The molecule has 0 aromatic heterocycles. The molecule has 0 aromatic rings. The van der Waals surface area contributed by atoms with E-state index in [9.17, 15) is 23.1 Å². The normalized spacial score (nSPS) is 26.5. The molecule has 1 aliphatic rings. The molecule has 6 atom stereocenters. The first-order valence-electron chi connectivity index (χ1n) is 11.8. The second-order valence-corrected chi connectivity index (χ2v) is 8.28. The minimum atomic E-state index is -5.12. The minimum Gasteiger partial charge on any atom is -0.471 e. The average molecular weight is 500 g/mol. The molecule has 11 heteroatoms. The smallest absolute Gasteiger partial charge is 0.471 e. The van der Waals surface area contributed by atoms with Gasteiger partial charge in [-0.15, -0.1) is 0 Å². The number of hydrogen-bond donors (Lipinski definition) is 2. The van der Waals surface area contributed by atoms with Crippen LogP contribution < -0.4 is 5.32 Å². The summed E-state index contributed by atoms with van der Waals surface area (Å²) >= 11 is 0. The fourth-order valence-electron chi connectivity index (χ4n) is 3.77. The van der Waals surface area contributed by atoms with E-state index in [-0.39, 0.29) is 19.3 Å². The molecular formula is C23H40F3NO7. The van der Waals surface area contributed by atoms with Crippen molar-refractivity contribution in [1.29, 1.82) is 0 Å². The first kappa shape index (κ1) is 30.6. The van der Waals surface area contributed by atoms with Gasteiger partial charge in [0.1, 0.15) is 24.4 Å². The third-order valence-corrected chi connectivity index (χ3v) is 5.62. The number of halogens is 3. The maximum atomic E-state index is 13.0. The summed E-state index contributed by atoms with van der Waals surface area (Å²) in [6, 6.07) is -1.41. The number of aliphatic hydroxyl groups is 1. The number of unbranched alkanes of at least 4 members (excludes halogenated alkanes) is 4. The second-order valence-electron chi connectivity index (χ2n) is 8.28. The molecule has 1 rings (SSSR count). The fraction of sp³-hybridized carbons (Fsp3) is 0.870. The standard InChI is InChI=1S/C23H40F3NO7/c1-5-7-8-9-10-11-16(31-4)12-14-32-20-18(27-22(29)23(24,25)26)21(33-13-6-2)34-17(15-30-3)19(20)28/h6,13,16-21,28H,5,7-12,14-15H2,1-4H3,(H,27,29)/b13-6-/t16-,17-,18-,19-,20-,21+/m1/s1. The first-order valence-corrected chi connectivity index (χ1v) is 11.8. The molecule has 0 aliphatic carbocycles. The van der Waals surface area contributed by atoms with Gasteiger partial charge in [-0.05, 0) is 19.8 Å². The first-order chi connectivity index (χ1) is 16.2. The van der Waals surface area contributed by atoms with Crippen LogP contribution >= 0.6 is 0 Å². The van der Waals surface area contributed by atoms with Crippen LogP contribution in [0.2, 0.25) is 0 Å². The molecule has 1 fully saturated rings. The number of carbonyl (C=O) groups excluding carboxylic acids is 1. The van der Waals surface area contributed by atoms with Crippen LogP contribution in [0, 0.1) is 0 Å². The largest absolute Gasteiger partial charge is 0.471 e. The lowest BCUT2D eigenvalue weighted by Crippen LogP contribution is -2.66. The Morgan fingerprint density at radius 3 is 2.47 bits per heavy atom. The van der Waals surface area contributed by atoms with Crippen LogP contribution in [-0.4, -0.2) is 81.4 Å². The molecule has 0 radical (unpaired) electrons. The van der Waals surface area contributed by atoms with E-state index in [1.54, 1.807) is 14.0 Å². The minimum absolute atomic E-state index is 0.0465. The summed E-state index contributed by atoms with van der Waals surface area (Å²) in [6.45, 7) is 3.85. The molecule has 200 valence electrons. The van der Waals surface area contributed by atoms with Crippen molar-refractivity contribution < 1.29 is 46.8 Å². The highest BCUT2D eigenvalue weighted by molar-refractivity contribution is 5.82. The Balaban J connectivity index is 2.89. The summed E-state index contributed by atoms with van der Waals surface area (Å²) in [6.07, 6.45) is -0.406. The molecule has 1 aliphatic heterocycles. The highest BCUT2D eigenvalue weighted by Crippen LogP contribution is 2.27. The zero-order valence-corrected chi connectivity index (χ0v) is 20.5. The quantitative estimate of drug-likeness (QED) is 0.248. The molecule has 0 aromatic carbocycles. The molecule has 1 saturated heterocycles. The van der Waals surface area contributed by atoms with Crippen molar-refractivity contribution in [2.75, 3.05) is 27.4 Å². The van der Waals surface area contributed by atoms with Gasteiger partial charge in [0.2, 0.25) is 6.29 Å². The van der Waals surface area contributed by atoms with Crippen molar-refractivity contribution in [2.24, 2.45) is 0 Å². The van der Waals surface area contributed by atoms with E-state index in [1.807, 2.05) is 5.32 Å². The number of amides is 1. The van der Waals surface area contributed by atoms with Gasteiger partial charge in [0.05, 0.1) is 19.0 Å². The number of alkyl halides is 3. The number of hydrogen-bond acceptors (Lipinski definition) is 7. The predicted octanol–water partition coefficient (Wildman–Crippen LogP) is 3.47. The maximum absolute atomic E-state index is 13.0. The SMILES string of the molecule is C/C=C\O[C@H]1O[C@H](COC)[C@@H](O)[C@H](OCC[C@@H](CCCCCCC)OC)[C@H]1NC(=O)C(F)(F)F. The van der Waals surface area contributed by atoms with Gasteiger partial charge < -0.3 is 34.1 Å². The van der Waals surface area contributed by atoms with Crippen molar-refractivity contribution in [3.8, 4) is 0 Å². The van der Waals surface area contributed by atoms with Crippen molar-refractivity contribution in [3.63, 3.8) is 0 Å². The molecule has 1 amide bonds. The average Bonchev–Trinajstić information content (AvgIpc) is 2.79. The lowest BCUT2D eigenvalue weighted by atomic mass is 9.96. The topological polar surface area (TPSA) is 95.5 Å². The van der Waals surface area contributed by atoms with E-state index in [0.29, 0.717) is 6.42 Å². The van der Waals surface area contributed by atoms with Crippen molar-refractivity contribution in [1.82, 2.24) is 5.32 Å². The van der Waals surface area contributed by atoms with Gasteiger partial charge in [-0.2, -0.15) is 13.2 Å². The van der Waals surface area contributed by atoms with Crippen LogP contribution in [0.25, 0.3) is 0 Å². The predicted molar refractivity (Wildman–Crippen MR) is 119 cm³/mol. The molecule has 0 unspecified atom stereocenters. The second kappa shape index (κ2) is 16.3. The van der Waals surface area contributed by atoms with Crippen LogP contribution in [0.15, 0.2) is 12.3 Å². The number of ether oxygens (including phenoxy) is 5. The van der Waals surface area contributed by atoms with Crippen LogP contribution in [-0.2, 0) is 28.5 Å². The van der Waals surface area contributed by atoms with E-state index in [4.69, 9.17) is 23.7 Å². The zero-order valence-electron chi connectivity index (χ0n) is 20.5. The van der Waals surface area contributed by atoms with E-state index in [2.05, 4.69) is 6.92 Å². The van der Waals surface area contributed by atoms with Crippen molar-refractivity contribution >= 4 is 5.91 Å². The van der Waals surface area contributed by atoms with Gasteiger partial charge >= 0.3 is 12.1 Å². The van der Waals surface area contributed by atoms with E-state index >= 15 is 0 Å². The summed E-state index contributed by atoms with van der Waals surface area (Å²) in [5.41, 5.74) is 0. The molecule has 1 heterocycles. The Morgan fingerprint density at radius 2 is 1.88 bits per heavy atom. The zero-order chi connectivity index (χ0) is 25.6. The van der Waals surface area contributed by atoms with Gasteiger partial charge in [0.25, 0.3) is 0 Å². The van der Waals surface area contributed by atoms with Crippen LogP contribution in [0.4, 0.5) is 13.2 Å². The van der Waals surface area contributed by atoms with Crippen LogP contribution in [0.1, 0.15) is 58.8 Å². The molecule has 0 bridgehead atoms. The number of methoxy groups -OCH3 is 2. The van der Waals surface area contributed by atoms with Crippen LogP contribution in [0.3, 0.4) is 0 Å². The lowest BCUT2D eigenvalue weighted by molar-refractivity contribution is -0.267. The van der Waals surface area contributed by atoms with E-state index in [1.165, 1.54) is 25.9 Å². The summed E-state index contributed by atoms with van der Waals surface area (Å²) in [5.74, 6) is -2.18. The highest BCUT2D eigenvalue weighted by atomic mass is 19.4. The van der Waals surface area contributed by atoms with Gasteiger partial charge in [-0.25, -0.2) is 0 Å². The third kappa shape index (κ3) is 10.5. The Morgan fingerprint density at radius 1 is 1.18 bits per heavy atom. The molecular weight excluding hydrogens is 459 g/mol. The van der Waals surface area contributed by atoms with Crippen molar-refractivity contribution in [2.45, 2.75) is 102 Å². The number of aliphatic hydroxyl groups excluding tert-OH is 1. The van der Waals surface area contributed by atoms with Gasteiger partial charge in [-0.1, -0.05) is 45.1 Å². The van der Waals surface area contributed by atoms with E-state index in [0.717, 1.165) is 32.1 Å². The molecule has 0 saturated carbocycles. The lowest BCUT2D eigenvalue weighted by Gasteiger charge is -2.44. The Hall–Kier alpha value is -1.40. The van der Waals surface area contributed by atoms with Gasteiger partial charge in [0, 0.05) is 20.8 Å². The number of rotatable bonds is 16. The highest BCUT2D eigenvalue weighted by Gasteiger charge is 2.50. The number of allylic oxidation sites excluding steroid dienone is 1. The molecule has 2 N–H and O–H groups in total. The van der Waals surface area contributed by atoms with Crippen molar-refractivity contribution in [3.05, 3.63) is 12.3 Å². The van der Waals surface area contributed by atoms with Gasteiger partial charge in [0.15, 0.2) is 0 Å². The summed E-state index contributed by atoms with van der Waals surface area (Å²) in [5, 5.41) is 12.6. The summed E-state index contributed by atoms with van der Waals surface area (Å²) < 4.78 is 66.2. The molecule has 0 spiro atoms. The maximum Gasteiger partial charge on any atom is 0.471 e. The Labute approximate surface area is 200 Å². The van der Waals surface area contributed by atoms with Gasteiger partial charge in [-0.3, -0.25) is 4.79 Å². The molecule has 34 heavy (non-hydrogen) atoms. The van der Waals surface area contributed by atoms with E-state index < -0.39 is 42.7 Å². The monoisotopic (exact) mass is 499 g/mol. The Bertz CT molecular complexity index is 591. The van der Waals surface area contributed by atoms with Crippen LogP contribution in [0.5, 0.6) is 0 Å². The number of nitrogens with one attached hydrogen (secondary N) is 1. The summed E-state index contributed by atoms with van der Waals surface area (Å²) in [4.78, 5) is 11.7. The fourth-order valence-corrected chi connectivity index (χ4v) is 3.77. The Kier molecular flexibility index (Phi) is 14.7. The third-order valence-electron chi connectivity index (χ3n) is 5.62. The number of carbonyl (C=O) groups is 1. The summed E-state index contributed by atoms with van der Waals surface area (Å²) in [7, 11) is 3.00.